The molecule has 0 radical (unpaired) electrons. The van der Waals surface area contributed by atoms with Crippen LogP contribution in [0.4, 0.5) is 0 Å². The van der Waals surface area contributed by atoms with Gasteiger partial charge in [0.05, 0.1) is 17.2 Å². The van der Waals surface area contributed by atoms with Crippen LogP contribution in [0.1, 0.15) is 51.4 Å². The maximum Gasteiger partial charge on any atom is 0.0668 e. The fourth-order valence-corrected chi connectivity index (χ4v) is 5.10. The summed E-state index contributed by atoms with van der Waals surface area (Å²) in [6, 6.07) is 2.37. The Morgan fingerprint density at radius 1 is 1.00 bits per heavy atom. The first-order valence-corrected chi connectivity index (χ1v) is 7.39. The van der Waals surface area contributed by atoms with Crippen molar-refractivity contribution in [2.24, 2.45) is 5.92 Å². The first-order valence-electron chi connectivity index (χ1n) is 6.12. The normalized spacial score (nSPS) is 34.9. The maximum absolute atomic E-state index is 12.3. The van der Waals surface area contributed by atoms with Gasteiger partial charge in [-0.3, -0.25) is 4.21 Å². The highest BCUT2D eigenvalue weighted by Gasteiger charge is 2.34. The van der Waals surface area contributed by atoms with E-state index in [1.807, 2.05) is 0 Å². The summed E-state index contributed by atoms with van der Waals surface area (Å²) in [7, 11) is -0.734. The van der Waals surface area contributed by atoms with E-state index >= 15 is 0 Å². The van der Waals surface area contributed by atoms with Crippen LogP contribution in [0.25, 0.3) is 0 Å². The second-order valence-electron chi connectivity index (χ2n) is 4.79. The molecule has 0 spiro atoms. The number of nitrogens with zero attached hydrogens (tertiary/aromatic N) is 1. The van der Waals surface area contributed by atoms with Gasteiger partial charge in [-0.15, -0.1) is 0 Å². The summed E-state index contributed by atoms with van der Waals surface area (Å²) in [6.45, 7) is 0. The third-order valence-corrected chi connectivity index (χ3v) is 6.09. The van der Waals surface area contributed by atoms with Crippen LogP contribution in [0.15, 0.2) is 0 Å². The number of rotatable bonds is 2. The van der Waals surface area contributed by atoms with Crippen LogP contribution in [0.5, 0.6) is 0 Å². The van der Waals surface area contributed by atoms with Gasteiger partial charge in [0.2, 0.25) is 0 Å². The van der Waals surface area contributed by atoms with Crippen LogP contribution in [0, 0.1) is 17.2 Å². The van der Waals surface area contributed by atoms with Crippen LogP contribution < -0.4 is 0 Å². The minimum atomic E-state index is -0.734. The molecule has 0 saturated heterocycles. The van der Waals surface area contributed by atoms with Gasteiger partial charge in [0, 0.05) is 16.0 Å². The molecule has 0 aromatic rings. The van der Waals surface area contributed by atoms with Gasteiger partial charge >= 0.3 is 0 Å². The molecule has 3 heteroatoms. The Labute approximate surface area is 94.5 Å². The molecule has 0 aliphatic heterocycles. The van der Waals surface area contributed by atoms with Gasteiger partial charge in [-0.25, -0.2) is 0 Å². The average molecular weight is 225 g/mol. The molecule has 2 rings (SSSR count). The van der Waals surface area contributed by atoms with Crippen LogP contribution in [0.3, 0.4) is 0 Å². The second kappa shape index (κ2) is 5.12. The van der Waals surface area contributed by atoms with Crippen molar-refractivity contribution in [3.05, 3.63) is 0 Å². The largest absolute Gasteiger partial charge is 0.259 e. The van der Waals surface area contributed by atoms with Crippen molar-refractivity contribution >= 4 is 10.8 Å². The van der Waals surface area contributed by atoms with E-state index in [2.05, 4.69) is 6.07 Å². The maximum atomic E-state index is 12.3. The highest BCUT2D eigenvalue weighted by atomic mass is 32.2. The van der Waals surface area contributed by atoms with Gasteiger partial charge in [0.25, 0.3) is 0 Å². The lowest BCUT2D eigenvalue weighted by atomic mass is 9.90. The summed E-state index contributed by atoms with van der Waals surface area (Å²) in [5.41, 5.74) is 0. The molecule has 2 nitrogen and oxygen atoms in total. The second-order valence-corrected chi connectivity index (χ2v) is 6.72. The van der Waals surface area contributed by atoms with E-state index in [1.165, 1.54) is 19.3 Å². The molecule has 2 fully saturated rings. The van der Waals surface area contributed by atoms with Gasteiger partial charge in [0.15, 0.2) is 0 Å². The van der Waals surface area contributed by atoms with E-state index in [9.17, 15) is 4.21 Å². The smallest absolute Gasteiger partial charge is 0.0668 e. The molecule has 2 saturated carbocycles. The fraction of sp³-hybridized carbons (Fsp3) is 0.917. The van der Waals surface area contributed by atoms with Crippen molar-refractivity contribution < 1.29 is 4.21 Å². The Bertz CT molecular complexity index is 278. The molecule has 3 unspecified atom stereocenters. The van der Waals surface area contributed by atoms with Gasteiger partial charge < -0.3 is 0 Å². The summed E-state index contributed by atoms with van der Waals surface area (Å²) in [5, 5.41) is 9.66. The summed E-state index contributed by atoms with van der Waals surface area (Å²) >= 11 is 0. The molecule has 0 amide bonds. The van der Waals surface area contributed by atoms with Gasteiger partial charge in [-0.2, -0.15) is 5.26 Å². The van der Waals surface area contributed by atoms with Crippen LogP contribution >= 0.6 is 0 Å². The van der Waals surface area contributed by atoms with Crippen molar-refractivity contribution in [1.29, 1.82) is 5.26 Å². The predicted octanol–water partition coefficient (Wildman–Crippen LogP) is 2.76. The molecule has 0 aromatic heterocycles. The van der Waals surface area contributed by atoms with Crippen LogP contribution in [0.2, 0.25) is 0 Å². The molecule has 2 aliphatic rings. The van der Waals surface area contributed by atoms with Crippen LogP contribution in [-0.4, -0.2) is 14.7 Å². The summed E-state index contributed by atoms with van der Waals surface area (Å²) < 4.78 is 12.3. The lowest BCUT2D eigenvalue weighted by Crippen LogP contribution is -2.33. The van der Waals surface area contributed by atoms with Gasteiger partial charge in [-0.05, 0) is 25.7 Å². The molecule has 84 valence electrons. The lowest BCUT2D eigenvalue weighted by molar-refractivity contribution is 0.429. The van der Waals surface area contributed by atoms with Crippen molar-refractivity contribution in [3.63, 3.8) is 0 Å². The highest BCUT2D eigenvalue weighted by molar-refractivity contribution is 7.86. The minimum Gasteiger partial charge on any atom is -0.259 e. The molecule has 2 aliphatic carbocycles. The average Bonchev–Trinajstić information content (AvgIpc) is 2.81. The third-order valence-electron chi connectivity index (χ3n) is 3.80. The quantitative estimate of drug-likeness (QED) is 0.725. The van der Waals surface area contributed by atoms with E-state index in [0.717, 1.165) is 32.1 Å². The molecule has 0 heterocycles. The molecular weight excluding hydrogens is 206 g/mol. The highest BCUT2D eigenvalue weighted by Crippen LogP contribution is 2.33. The molecule has 15 heavy (non-hydrogen) atoms. The zero-order chi connectivity index (χ0) is 10.7. The Balaban J connectivity index is 2.00. The van der Waals surface area contributed by atoms with Crippen molar-refractivity contribution in [3.8, 4) is 6.07 Å². The third kappa shape index (κ3) is 2.42. The predicted molar refractivity (Wildman–Crippen MR) is 61.8 cm³/mol. The first kappa shape index (κ1) is 11.1. The SMILES string of the molecule is N#CC1CCCCC1S(=O)C1CCCC1. The van der Waals surface area contributed by atoms with E-state index in [4.69, 9.17) is 5.26 Å². The zero-order valence-electron chi connectivity index (χ0n) is 9.15. The van der Waals surface area contributed by atoms with Crippen molar-refractivity contribution in [2.45, 2.75) is 61.9 Å². The Morgan fingerprint density at radius 3 is 2.27 bits per heavy atom. The van der Waals surface area contributed by atoms with Gasteiger partial charge in [0.1, 0.15) is 0 Å². The monoisotopic (exact) mass is 225 g/mol. The minimum absolute atomic E-state index is 0.0696. The molecule has 0 aromatic carbocycles. The zero-order valence-corrected chi connectivity index (χ0v) is 9.97. The Kier molecular flexibility index (Phi) is 3.80. The van der Waals surface area contributed by atoms with E-state index in [0.29, 0.717) is 5.25 Å². The molecule has 0 bridgehead atoms. The van der Waals surface area contributed by atoms with Crippen LogP contribution in [-0.2, 0) is 10.8 Å². The first-order chi connectivity index (χ1) is 7.33. The Morgan fingerprint density at radius 2 is 1.60 bits per heavy atom. The molecule has 3 atom stereocenters. The topological polar surface area (TPSA) is 40.9 Å². The molecule has 0 N–H and O–H groups in total. The summed E-state index contributed by atoms with van der Waals surface area (Å²) in [4.78, 5) is 0. The van der Waals surface area contributed by atoms with E-state index < -0.39 is 10.8 Å². The van der Waals surface area contributed by atoms with Crippen molar-refractivity contribution in [2.75, 3.05) is 0 Å². The summed E-state index contributed by atoms with van der Waals surface area (Å²) in [5.74, 6) is 0.0696. The van der Waals surface area contributed by atoms with Crippen molar-refractivity contribution in [1.82, 2.24) is 0 Å². The summed E-state index contributed by atoms with van der Waals surface area (Å²) in [6.07, 6.45) is 9.03. The standard InChI is InChI=1S/C12H19NOS/c13-9-10-5-1-4-8-12(10)15(14)11-6-2-3-7-11/h10-12H,1-8H2. The van der Waals surface area contributed by atoms with Gasteiger partial charge in [-0.1, -0.05) is 25.7 Å². The number of nitriles is 1. The number of hydrogen-bond acceptors (Lipinski definition) is 2. The fourth-order valence-electron chi connectivity index (χ4n) is 2.89. The molecular formula is C12H19NOS. The Hall–Kier alpha value is -0.360. The lowest BCUT2D eigenvalue weighted by Gasteiger charge is -2.28. The van der Waals surface area contributed by atoms with E-state index in [-0.39, 0.29) is 11.2 Å². The van der Waals surface area contributed by atoms with E-state index in [1.54, 1.807) is 0 Å². The number of hydrogen-bond donors (Lipinski definition) is 0.